The number of para-hydroxylation sites is 1. The summed E-state index contributed by atoms with van der Waals surface area (Å²) in [6.07, 6.45) is 6.50. The van der Waals surface area contributed by atoms with Crippen LogP contribution in [-0.2, 0) is 4.79 Å². The van der Waals surface area contributed by atoms with E-state index in [-0.39, 0.29) is 11.9 Å². The Kier molecular flexibility index (Phi) is 5.98. The van der Waals surface area contributed by atoms with Crippen molar-refractivity contribution in [2.24, 2.45) is 4.99 Å². The van der Waals surface area contributed by atoms with Gasteiger partial charge >= 0.3 is 0 Å². The summed E-state index contributed by atoms with van der Waals surface area (Å²) < 4.78 is 2.25. The largest absolute Gasteiger partial charge is 0.318 e. The minimum Gasteiger partial charge on any atom is -0.318 e. The van der Waals surface area contributed by atoms with Crippen molar-refractivity contribution >= 4 is 34.6 Å². The average molecular weight is 456 g/mol. The van der Waals surface area contributed by atoms with Crippen molar-refractivity contribution in [1.82, 2.24) is 9.47 Å². The minimum absolute atomic E-state index is 0.0849. The summed E-state index contributed by atoms with van der Waals surface area (Å²) in [7, 11) is 0. The van der Waals surface area contributed by atoms with Crippen molar-refractivity contribution < 1.29 is 4.79 Å². The summed E-state index contributed by atoms with van der Waals surface area (Å²) in [5.74, 6) is 0.0849. The molecular formula is C28H29N3OS. The number of carbonyl (C=O) groups is 1. The number of rotatable bonds is 4. The van der Waals surface area contributed by atoms with Gasteiger partial charge in [-0.2, -0.15) is 0 Å². The molecule has 4 nitrogen and oxygen atoms in total. The fourth-order valence-electron chi connectivity index (χ4n) is 4.83. The van der Waals surface area contributed by atoms with Crippen molar-refractivity contribution in [2.75, 3.05) is 0 Å². The summed E-state index contributed by atoms with van der Waals surface area (Å²) in [6.45, 7) is 6.34. The highest BCUT2D eigenvalue weighted by molar-refractivity contribution is 8.18. The van der Waals surface area contributed by atoms with E-state index in [2.05, 4.69) is 61.7 Å². The van der Waals surface area contributed by atoms with Gasteiger partial charge in [-0.1, -0.05) is 48.7 Å². The lowest BCUT2D eigenvalue weighted by Crippen LogP contribution is -2.37. The molecule has 168 valence electrons. The van der Waals surface area contributed by atoms with E-state index >= 15 is 0 Å². The van der Waals surface area contributed by atoms with Gasteiger partial charge in [-0.25, -0.2) is 4.99 Å². The quantitative estimate of drug-likeness (QED) is 0.399. The molecular weight excluding hydrogens is 426 g/mol. The Labute approximate surface area is 200 Å². The summed E-state index contributed by atoms with van der Waals surface area (Å²) in [5.41, 5.74) is 6.65. The first-order valence-corrected chi connectivity index (χ1v) is 12.5. The second-order valence-corrected chi connectivity index (χ2v) is 9.96. The third-order valence-corrected chi connectivity index (χ3v) is 7.54. The van der Waals surface area contributed by atoms with Gasteiger partial charge in [0.05, 0.1) is 10.6 Å². The molecule has 1 saturated heterocycles. The van der Waals surface area contributed by atoms with Crippen LogP contribution in [0.25, 0.3) is 11.8 Å². The van der Waals surface area contributed by atoms with E-state index in [1.807, 2.05) is 35.2 Å². The van der Waals surface area contributed by atoms with Crippen LogP contribution in [0.3, 0.4) is 0 Å². The Morgan fingerprint density at radius 2 is 1.67 bits per heavy atom. The number of amidine groups is 1. The van der Waals surface area contributed by atoms with Crippen molar-refractivity contribution in [1.29, 1.82) is 0 Å². The molecule has 0 atom stereocenters. The van der Waals surface area contributed by atoms with E-state index in [1.165, 1.54) is 30.2 Å². The summed E-state index contributed by atoms with van der Waals surface area (Å²) in [6, 6.07) is 20.9. The molecule has 1 aromatic heterocycles. The molecule has 1 saturated carbocycles. The van der Waals surface area contributed by atoms with Crippen LogP contribution in [0.2, 0.25) is 0 Å². The van der Waals surface area contributed by atoms with Gasteiger partial charge in [-0.05, 0) is 87.3 Å². The molecule has 0 spiro atoms. The van der Waals surface area contributed by atoms with Gasteiger partial charge in [0, 0.05) is 23.1 Å². The highest BCUT2D eigenvalue weighted by Gasteiger charge is 2.39. The molecule has 2 aliphatic rings. The maximum absolute atomic E-state index is 13.6. The number of benzene rings is 2. The molecule has 0 bridgehead atoms. The van der Waals surface area contributed by atoms with Crippen LogP contribution in [0.1, 0.15) is 48.2 Å². The third-order valence-electron chi connectivity index (χ3n) is 6.56. The Bertz CT molecular complexity index is 1230. The van der Waals surface area contributed by atoms with E-state index < -0.39 is 0 Å². The number of aromatic nitrogens is 1. The van der Waals surface area contributed by atoms with E-state index in [0.717, 1.165) is 51.2 Å². The summed E-state index contributed by atoms with van der Waals surface area (Å²) in [4.78, 5) is 21.1. The zero-order valence-corrected chi connectivity index (χ0v) is 20.2. The van der Waals surface area contributed by atoms with Crippen LogP contribution in [0.4, 0.5) is 5.69 Å². The van der Waals surface area contributed by atoms with E-state index in [1.54, 1.807) is 0 Å². The molecule has 0 radical (unpaired) electrons. The Morgan fingerprint density at radius 1 is 0.970 bits per heavy atom. The van der Waals surface area contributed by atoms with Gasteiger partial charge in [0.25, 0.3) is 5.91 Å². The number of hydrogen-bond donors (Lipinski definition) is 0. The second kappa shape index (κ2) is 9.06. The van der Waals surface area contributed by atoms with Gasteiger partial charge in [0.15, 0.2) is 5.17 Å². The van der Waals surface area contributed by atoms with Gasteiger partial charge in [0.2, 0.25) is 0 Å². The first kappa shape index (κ1) is 21.8. The van der Waals surface area contributed by atoms with Crippen LogP contribution < -0.4 is 0 Å². The van der Waals surface area contributed by atoms with Gasteiger partial charge in [-0.3, -0.25) is 9.69 Å². The smallest absolute Gasteiger partial charge is 0.267 e. The molecule has 33 heavy (non-hydrogen) atoms. The van der Waals surface area contributed by atoms with Gasteiger partial charge in [-0.15, -0.1) is 0 Å². The molecule has 1 amide bonds. The predicted octanol–water partition coefficient (Wildman–Crippen LogP) is 6.95. The number of amides is 1. The molecule has 3 aromatic rings. The predicted molar refractivity (Wildman–Crippen MR) is 138 cm³/mol. The zero-order valence-electron chi connectivity index (χ0n) is 19.4. The van der Waals surface area contributed by atoms with Crippen molar-refractivity contribution in [3.63, 3.8) is 0 Å². The highest BCUT2D eigenvalue weighted by Crippen LogP contribution is 2.39. The van der Waals surface area contributed by atoms with Gasteiger partial charge in [0.1, 0.15) is 0 Å². The normalized spacial score (nSPS) is 19.4. The van der Waals surface area contributed by atoms with Crippen LogP contribution in [0.5, 0.6) is 0 Å². The van der Waals surface area contributed by atoms with Crippen LogP contribution >= 0.6 is 11.8 Å². The lowest BCUT2D eigenvalue weighted by Gasteiger charge is -2.22. The number of hydrogen-bond acceptors (Lipinski definition) is 3. The minimum atomic E-state index is 0.0849. The SMILES string of the molecule is Cc1ccc(-n2c(C)cc(/C=C3\SC(=Nc4ccccc4)N(C4CCCC4)C3=O)c2C)cc1. The molecule has 5 heteroatoms. The number of aliphatic imine (C=N–C) groups is 1. The van der Waals surface area contributed by atoms with E-state index in [0.29, 0.717) is 0 Å². The van der Waals surface area contributed by atoms with Crippen molar-refractivity contribution in [2.45, 2.75) is 52.5 Å². The molecule has 0 unspecified atom stereocenters. The highest BCUT2D eigenvalue weighted by atomic mass is 32.2. The molecule has 0 N–H and O–H groups in total. The maximum atomic E-state index is 13.6. The zero-order chi connectivity index (χ0) is 22.9. The van der Waals surface area contributed by atoms with Crippen molar-refractivity contribution in [3.05, 3.63) is 88.1 Å². The summed E-state index contributed by atoms with van der Waals surface area (Å²) in [5, 5.41) is 0.802. The molecule has 2 heterocycles. The monoisotopic (exact) mass is 455 g/mol. The fourth-order valence-corrected chi connectivity index (χ4v) is 5.88. The van der Waals surface area contributed by atoms with Crippen molar-refractivity contribution in [3.8, 4) is 5.69 Å². The summed E-state index contributed by atoms with van der Waals surface area (Å²) >= 11 is 1.50. The molecule has 2 aromatic carbocycles. The lowest BCUT2D eigenvalue weighted by atomic mass is 10.2. The van der Waals surface area contributed by atoms with Crippen LogP contribution in [0.15, 0.2) is 70.6 Å². The second-order valence-electron chi connectivity index (χ2n) is 8.95. The third kappa shape index (κ3) is 4.30. The standard InChI is InChI=1S/C28H29N3OS/c1-19-13-15-25(16-14-19)30-20(2)17-22(21(30)3)18-26-27(32)31(24-11-7-8-12-24)28(33-26)29-23-9-5-4-6-10-23/h4-6,9-10,13-18,24H,7-8,11-12H2,1-3H3/b26-18-,29-28?. The topological polar surface area (TPSA) is 37.6 Å². The Hall–Kier alpha value is -3.05. The number of aryl methyl sites for hydroxylation is 2. The van der Waals surface area contributed by atoms with E-state index in [9.17, 15) is 4.79 Å². The molecule has 1 aliphatic heterocycles. The van der Waals surface area contributed by atoms with Gasteiger partial charge < -0.3 is 4.57 Å². The number of thioether (sulfide) groups is 1. The van der Waals surface area contributed by atoms with Crippen LogP contribution in [-0.4, -0.2) is 26.6 Å². The first-order valence-electron chi connectivity index (χ1n) is 11.6. The molecule has 1 aliphatic carbocycles. The fraction of sp³-hybridized carbons (Fsp3) is 0.286. The molecule has 2 fully saturated rings. The van der Waals surface area contributed by atoms with E-state index in [4.69, 9.17) is 4.99 Å². The first-order chi connectivity index (χ1) is 16.0. The lowest BCUT2D eigenvalue weighted by molar-refractivity contribution is -0.123. The maximum Gasteiger partial charge on any atom is 0.267 e. The Balaban J connectivity index is 1.52. The van der Waals surface area contributed by atoms with Crippen LogP contribution in [0, 0.1) is 20.8 Å². The molecule has 5 rings (SSSR count). The number of carbonyl (C=O) groups excluding carboxylic acids is 1. The average Bonchev–Trinajstić information content (AvgIpc) is 3.50. The Morgan fingerprint density at radius 3 is 2.36 bits per heavy atom. The number of nitrogens with zero attached hydrogens (tertiary/aromatic N) is 3.